The molecule has 0 saturated heterocycles. The van der Waals surface area contributed by atoms with Crippen LogP contribution in [0.5, 0.6) is 0 Å². The first-order valence-corrected chi connectivity index (χ1v) is 5.16. The first kappa shape index (κ1) is 15.3. The highest BCUT2D eigenvalue weighted by atomic mass is 16.6. The van der Waals surface area contributed by atoms with Crippen molar-refractivity contribution in [3.05, 3.63) is 0 Å². The maximum absolute atomic E-state index is 10.6. The van der Waals surface area contributed by atoms with E-state index >= 15 is 0 Å². The number of hydrogen-bond donors (Lipinski definition) is 2. The Morgan fingerprint density at radius 2 is 1.94 bits per heavy atom. The Kier molecular flexibility index (Phi) is 7.24. The van der Waals surface area contributed by atoms with Gasteiger partial charge in [0.15, 0.2) is 6.29 Å². The zero-order valence-corrected chi connectivity index (χ0v) is 10.2. The second-order valence-corrected chi connectivity index (χ2v) is 3.81. The van der Waals surface area contributed by atoms with Gasteiger partial charge in [0.2, 0.25) is 0 Å². The van der Waals surface area contributed by atoms with Crippen molar-refractivity contribution in [2.24, 2.45) is 0 Å². The maximum Gasteiger partial charge on any atom is 0.302 e. The Morgan fingerprint density at radius 3 is 2.31 bits per heavy atom. The van der Waals surface area contributed by atoms with Crippen molar-refractivity contribution in [3.8, 4) is 0 Å². The Morgan fingerprint density at radius 1 is 1.38 bits per heavy atom. The zero-order valence-electron chi connectivity index (χ0n) is 10.2. The third-order valence-corrected chi connectivity index (χ3v) is 1.96. The summed E-state index contributed by atoms with van der Waals surface area (Å²) in [4.78, 5) is 12.3. The van der Waals surface area contributed by atoms with E-state index < -0.39 is 18.6 Å². The van der Waals surface area contributed by atoms with Gasteiger partial charge in [-0.15, -0.1) is 0 Å². The van der Waals surface area contributed by atoms with Crippen molar-refractivity contribution in [1.29, 1.82) is 0 Å². The molecule has 96 valence electrons. The van der Waals surface area contributed by atoms with Crippen molar-refractivity contribution in [2.75, 3.05) is 20.7 Å². The van der Waals surface area contributed by atoms with E-state index in [1.807, 2.05) is 0 Å². The summed E-state index contributed by atoms with van der Waals surface area (Å²) in [5.41, 5.74) is 0. The van der Waals surface area contributed by atoms with Gasteiger partial charge in [0, 0.05) is 13.3 Å². The molecule has 0 spiro atoms. The predicted octanol–water partition coefficient (Wildman–Crippen LogP) is -0.457. The van der Waals surface area contributed by atoms with Gasteiger partial charge in [-0.1, -0.05) is 0 Å². The quantitative estimate of drug-likeness (QED) is 0.459. The molecule has 0 amide bonds. The molecule has 16 heavy (non-hydrogen) atoms. The lowest BCUT2D eigenvalue weighted by atomic mass is 10.3. The molecule has 3 atom stereocenters. The topological polar surface area (TPSA) is 79.2 Å². The summed E-state index contributed by atoms with van der Waals surface area (Å²) < 4.78 is 9.97. The van der Waals surface area contributed by atoms with Crippen molar-refractivity contribution >= 4 is 5.97 Å². The van der Waals surface area contributed by atoms with Gasteiger partial charge < -0.3 is 19.7 Å². The van der Waals surface area contributed by atoms with Crippen LogP contribution >= 0.6 is 0 Å². The molecule has 0 bridgehead atoms. The highest BCUT2D eigenvalue weighted by Crippen LogP contribution is 2.07. The lowest BCUT2D eigenvalue weighted by Crippen LogP contribution is -2.39. The number of carbonyl (C=O) groups is 1. The van der Waals surface area contributed by atoms with Crippen LogP contribution in [0.3, 0.4) is 0 Å². The molecule has 6 nitrogen and oxygen atoms in total. The van der Waals surface area contributed by atoms with Crippen LogP contribution < -0.4 is 0 Å². The first-order chi connectivity index (χ1) is 7.34. The molecule has 0 aliphatic carbocycles. The van der Waals surface area contributed by atoms with Gasteiger partial charge in [-0.3, -0.25) is 9.69 Å². The van der Waals surface area contributed by atoms with E-state index in [9.17, 15) is 9.90 Å². The number of aliphatic hydroxyl groups excluding tert-OH is 2. The average Bonchev–Trinajstić information content (AvgIpc) is 2.14. The lowest BCUT2D eigenvalue weighted by molar-refractivity contribution is -0.214. The number of nitrogens with zero attached hydrogens (tertiary/aromatic N) is 1. The van der Waals surface area contributed by atoms with Gasteiger partial charge in [-0.25, -0.2) is 0 Å². The standard InChI is InChI=1S/C10H21NO5/c1-7(12)10(14)16-9(11(3)4)5-6-15-8(2)13/h7,9-10,12,14H,5-6H2,1-4H3. The number of aliphatic hydroxyl groups is 2. The SMILES string of the molecule is CC(=O)OCCC(OC(O)C(C)O)N(C)C. The molecule has 0 aromatic carbocycles. The summed E-state index contributed by atoms with van der Waals surface area (Å²) in [6, 6.07) is 0. The summed E-state index contributed by atoms with van der Waals surface area (Å²) in [5, 5.41) is 18.4. The molecule has 0 aromatic rings. The van der Waals surface area contributed by atoms with Crippen LogP contribution in [0.4, 0.5) is 0 Å². The Balaban J connectivity index is 4.02. The minimum atomic E-state index is -1.25. The van der Waals surface area contributed by atoms with Gasteiger partial charge in [-0.2, -0.15) is 0 Å². The molecular weight excluding hydrogens is 214 g/mol. The summed E-state index contributed by atoms with van der Waals surface area (Å²) >= 11 is 0. The van der Waals surface area contributed by atoms with E-state index in [2.05, 4.69) is 0 Å². The number of hydrogen-bond acceptors (Lipinski definition) is 6. The molecule has 0 radical (unpaired) electrons. The van der Waals surface area contributed by atoms with Gasteiger partial charge in [0.25, 0.3) is 0 Å². The normalized spacial score (nSPS) is 16.9. The van der Waals surface area contributed by atoms with E-state index in [0.29, 0.717) is 6.42 Å². The van der Waals surface area contributed by atoms with Crippen molar-refractivity contribution in [3.63, 3.8) is 0 Å². The van der Waals surface area contributed by atoms with E-state index in [1.54, 1.807) is 19.0 Å². The summed E-state index contributed by atoms with van der Waals surface area (Å²) in [6.45, 7) is 2.98. The van der Waals surface area contributed by atoms with Gasteiger partial charge >= 0.3 is 5.97 Å². The Bertz CT molecular complexity index is 207. The fourth-order valence-corrected chi connectivity index (χ4v) is 1.03. The fraction of sp³-hybridized carbons (Fsp3) is 0.900. The average molecular weight is 235 g/mol. The molecule has 0 aliphatic rings. The largest absolute Gasteiger partial charge is 0.466 e. The molecule has 0 heterocycles. The van der Waals surface area contributed by atoms with Crippen molar-refractivity contribution in [1.82, 2.24) is 4.90 Å². The van der Waals surface area contributed by atoms with Gasteiger partial charge in [0.05, 0.1) is 6.61 Å². The van der Waals surface area contributed by atoms with E-state index in [1.165, 1.54) is 13.8 Å². The Hall–Kier alpha value is -0.690. The van der Waals surface area contributed by atoms with Crippen LogP contribution in [0, 0.1) is 0 Å². The highest BCUT2D eigenvalue weighted by molar-refractivity contribution is 5.65. The summed E-state index contributed by atoms with van der Waals surface area (Å²) in [5.74, 6) is -0.353. The van der Waals surface area contributed by atoms with Crippen LogP contribution in [0.25, 0.3) is 0 Å². The smallest absolute Gasteiger partial charge is 0.302 e. The van der Waals surface area contributed by atoms with E-state index in [4.69, 9.17) is 14.6 Å². The molecule has 0 saturated carbocycles. The van der Waals surface area contributed by atoms with Crippen LogP contribution in [-0.2, 0) is 14.3 Å². The van der Waals surface area contributed by atoms with Crippen LogP contribution in [0.15, 0.2) is 0 Å². The van der Waals surface area contributed by atoms with Gasteiger partial charge in [-0.05, 0) is 21.0 Å². The third kappa shape index (κ3) is 6.73. The number of rotatable bonds is 7. The molecule has 3 unspecified atom stereocenters. The molecular formula is C10H21NO5. The van der Waals surface area contributed by atoms with Crippen molar-refractivity contribution < 1.29 is 24.5 Å². The van der Waals surface area contributed by atoms with Crippen LogP contribution in [0.2, 0.25) is 0 Å². The molecule has 0 aromatic heterocycles. The summed E-state index contributed by atoms with van der Waals surface area (Å²) in [7, 11) is 3.54. The number of ether oxygens (including phenoxy) is 2. The number of esters is 1. The minimum absolute atomic E-state index is 0.213. The molecule has 0 fully saturated rings. The second-order valence-electron chi connectivity index (χ2n) is 3.81. The van der Waals surface area contributed by atoms with Crippen LogP contribution in [-0.4, -0.2) is 60.4 Å². The second kappa shape index (κ2) is 7.56. The van der Waals surface area contributed by atoms with Gasteiger partial charge in [0.1, 0.15) is 12.3 Å². The predicted molar refractivity (Wildman–Crippen MR) is 57.5 cm³/mol. The molecule has 0 aliphatic heterocycles. The molecule has 0 rings (SSSR count). The third-order valence-electron chi connectivity index (χ3n) is 1.96. The minimum Gasteiger partial charge on any atom is -0.466 e. The number of carbonyl (C=O) groups excluding carboxylic acids is 1. The van der Waals surface area contributed by atoms with E-state index in [0.717, 1.165) is 0 Å². The first-order valence-electron chi connectivity index (χ1n) is 5.16. The monoisotopic (exact) mass is 235 g/mol. The lowest BCUT2D eigenvalue weighted by Gasteiger charge is -2.27. The summed E-state index contributed by atoms with van der Waals surface area (Å²) in [6.07, 6.45) is -2.19. The highest BCUT2D eigenvalue weighted by Gasteiger charge is 2.20. The maximum atomic E-state index is 10.6. The van der Waals surface area contributed by atoms with Crippen LogP contribution in [0.1, 0.15) is 20.3 Å². The Labute approximate surface area is 95.8 Å². The zero-order chi connectivity index (χ0) is 12.7. The fourth-order valence-electron chi connectivity index (χ4n) is 1.03. The molecule has 2 N–H and O–H groups in total. The van der Waals surface area contributed by atoms with E-state index in [-0.39, 0.29) is 12.6 Å². The van der Waals surface area contributed by atoms with Crippen molar-refractivity contribution in [2.45, 2.75) is 38.9 Å². The molecule has 6 heteroatoms.